The summed E-state index contributed by atoms with van der Waals surface area (Å²) in [6.07, 6.45) is 10.9. The van der Waals surface area contributed by atoms with E-state index in [0.717, 1.165) is 53.6 Å². The largest absolute Gasteiger partial charge is 0.351 e. The average molecular weight is 416 g/mol. The van der Waals surface area contributed by atoms with Crippen LogP contribution in [-0.2, 0) is 4.79 Å². The van der Waals surface area contributed by atoms with Crippen LogP contribution in [0.25, 0.3) is 23.0 Å². The number of piperidine rings is 1. The van der Waals surface area contributed by atoms with Crippen LogP contribution in [0.15, 0.2) is 71.0 Å². The van der Waals surface area contributed by atoms with Crippen LogP contribution < -0.4 is 0 Å². The zero-order valence-electron chi connectivity index (χ0n) is 16.4. The smallest absolute Gasteiger partial charge is 0.286 e. The van der Waals surface area contributed by atoms with E-state index in [2.05, 4.69) is 14.9 Å². The molecule has 0 atom stereocenters. The Morgan fingerprint density at radius 1 is 0.967 bits per heavy atom. The van der Waals surface area contributed by atoms with E-state index >= 15 is 0 Å². The maximum absolute atomic E-state index is 12.6. The van der Waals surface area contributed by atoms with E-state index in [-0.39, 0.29) is 5.91 Å². The van der Waals surface area contributed by atoms with E-state index in [0.29, 0.717) is 4.91 Å². The number of benzene rings is 1. The Kier molecular flexibility index (Phi) is 5.19. The van der Waals surface area contributed by atoms with E-state index in [9.17, 15) is 4.79 Å². The van der Waals surface area contributed by atoms with E-state index in [1.54, 1.807) is 12.4 Å². The number of aromatic nitrogens is 3. The standard InChI is InChI=1S/C23H21N5OS/c29-22-20(30-23(25-22)27-13-5-2-6-14-27)15-18-16-28(19-7-3-1-4-8-19)26-21(18)17-9-11-24-12-10-17/h1,3-4,7-12,15-16H,2,5-6,13-14H2/b20-15-. The molecular formula is C23H21N5OS. The summed E-state index contributed by atoms with van der Waals surface area (Å²) in [7, 11) is 0. The fraction of sp³-hybridized carbons (Fsp3) is 0.217. The Morgan fingerprint density at radius 2 is 1.73 bits per heavy atom. The molecule has 150 valence electrons. The summed E-state index contributed by atoms with van der Waals surface area (Å²) in [5, 5.41) is 5.63. The predicted octanol–water partition coefficient (Wildman–Crippen LogP) is 4.39. The maximum Gasteiger partial charge on any atom is 0.286 e. The van der Waals surface area contributed by atoms with Crippen LogP contribution in [0.4, 0.5) is 0 Å². The Labute approximate surface area is 179 Å². The summed E-state index contributed by atoms with van der Waals surface area (Å²) >= 11 is 1.47. The van der Waals surface area contributed by atoms with Gasteiger partial charge in [-0.05, 0) is 61.4 Å². The summed E-state index contributed by atoms with van der Waals surface area (Å²) in [5.41, 5.74) is 3.62. The summed E-state index contributed by atoms with van der Waals surface area (Å²) in [5.74, 6) is -0.172. The van der Waals surface area contributed by atoms with Crippen LogP contribution in [0, 0.1) is 0 Å². The number of carbonyl (C=O) groups is 1. The molecule has 1 fully saturated rings. The van der Waals surface area contributed by atoms with Crippen molar-refractivity contribution in [1.82, 2.24) is 19.7 Å². The molecule has 1 saturated heterocycles. The minimum Gasteiger partial charge on any atom is -0.351 e. The third-order valence-electron chi connectivity index (χ3n) is 5.24. The van der Waals surface area contributed by atoms with Gasteiger partial charge >= 0.3 is 0 Å². The van der Waals surface area contributed by atoms with Crippen molar-refractivity contribution in [2.75, 3.05) is 13.1 Å². The number of carbonyl (C=O) groups excluding carboxylic acids is 1. The Balaban J connectivity index is 1.50. The Bertz CT molecular complexity index is 1120. The van der Waals surface area contributed by atoms with Gasteiger partial charge in [0.05, 0.1) is 10.6 Å². The summed E-state index contributed by atoms with van der Waals surface area (Å²) < 4.78 is 1.85. The lowest BCUT2D eigenvalue weighted by molar-refractivity contribution is -0.113. The number of amides is 1. The van der Waals surface area contributed by atoms with Crippen molar-refractivity contribution in [3.63, 3.8) is 0 Å². The zero-order valence-corrected chi connectivity index (χ0v) is 17.3. The van der Waals surface area contributed by atoms with Crippen molar-refractivity contribution in [3.8, 4) is 16.9 Å². The van der Waals surface area contributed by atoms with Crippen molar-refractivity contribution in [3.05, 3.63) is 71.5 Å². The summed E-state index contributed by atoms with van der Waals surface area (Å²) in [6, 6.07) is 13.8. The molecule has 5 rings (SSSR count). The lowest BCUT2D eigenvalue weighted by Gasteiger charge is -2.27. The molecule has 0 bridgehead atoms. The maximum atomic E-state index is 12.6. The second kappa shape index (κ2) is 8.28. The quantitative estimate of drug-likeness (QED) is 0.594. The second-order valence-corrected chi connectivity index (χ2v) is 8.32. The van der Waals surface area contributed by atoms with Gasteiger partial charge in [0.2, 0.25) is 0 Å². The highest BCUT2D eigenvalue weighted by Crippen LogP contribution is 2.33. The third-order valence-corrected chi connectivity index (χ3v) is 6.28. The number of pyridine rings is 1. The fourth-order valence-corrected chi connectivity index (χ4v) is 4.66. The average Bonchev–Trinajstić information content (AvgIpc) is 3.40. The molecule has 0 unspecified atom stereocenters. The molecular weight excluding hydrogens is 394 g/mol. The van der Waals surface area contributed by atoms with Gasteiger partial charge in [0.1, 0.15) is 5.69 Å². The highest BCUT2D eigenvalue weighted by atomic mass is 32.2. The molecule has 1 aromatic carbocycles. The second-order valence-electron chi connectivity index (χ2n) is 7.31. The molecule has 1 amide bonds. The fourth-order valence-electron chi connectivity index (χ4n) is 3.70. The SMILES string of the molecule is O=C1N=C(N2CCCCC2)S/C1=C\c1cn(-c2ccccc2)nc1-c1ccncc1. The van der Waals surface area contributed by atoms with Crippen molar-refractivity contribution in [1.29, 1.82) is 0 Å². The van der Waals surface area contributed by atoms with Crippen molar-refractivity contribution >= 4 is 28.9 Å². The number of hydrogen-bond donors (Lipinski definition) is 0. The molecule has 7 heteroatoms. The number of para-hydroxylation sites is 1. The highest BCUT2D eigenvalue weighted by molar-refractivity contribution is 8.18. The molecule has 2 aliphatic heterocycles. The number of amidine groups is 1. The topological polar surface area (TPSA) is 63.4 Å². The molecule has 30 heavy (non-hydrogen) atoms. The van der Waals surface area contributed by atoms with Gasteiger partial charge in [0.15, 0.2) is 5.17 Å². The number of nitrogens with zero attached hydrogens (tertiary/aromatic N) is 5. The first-order valence-electron chi connectivity index (χ1n) is 10.1. The first-order valence-corrected chi connectivity index (χ1v) is 10.9. The van der Waals surface area contributed by atoms with E-state index in [1.165, 1.54) is 18.2 Å². The number of likely N-dealkylation sites (tertiary alicyclic amines) is 1. The number of hydrogen-bond acceptors (Lipinski definition) is 5. The lowest BCUT2D eigenvalue weighted by Crippen LogP contribution is -2.33. The van der Waals surface area contributed by atoms with Crippen molar-refractivity contribution < 1.29 is 4.79 Å². The first kappa shape index (κ1) is 18.8. The summed E-state index contributed by atoms with van der Waals surface area (Å²) in [6.45, 7) is 1.95. The molecule has 2 aliphatic rings. The number of aliphatic imine (C=N–C) groups is 1. The molecule has 3 aromatic rings. The predicted molar refractivity (Wildman–Crippen MR) is 120 cm³/mol. The molecule has 0 radical (unpaired) electrons. The van der Waals surface area contributed by atoms with Crippen LogP contribution in [0.3, 0.4) is 0 Å². The molecule has 2 aromatic heterocycles. The third kappa shape index (κ3) is 3.80. The van der Waals surface area contributed by atoms with Crippen LogP contribution in [0.5, 0.6) is 0 Å². The van der Waals surface area contributed by atoms with Gasteiger partial charge in [-0.3, -0.25) is 9.78 Å². The van der Waals surface area contributed by atoms with Crippen LogP contribution >= 0.6 is 11.8 Å². The Hall–Kier alpha value is -3.19. The zero-order chi connectivity index (χ0) is 20.3. The van der Waals surface area contributed by atoms with Crippen molar-refractivity contribution in [2.24, 2.45) is 4.99 Å². The number of thioether (sulfide) groups is 1. The van der Waals surface area contributed by atoms with Gasteiger partial charge in [-0.1, -0.05) is 18.2 Å². The molecule has 0 saturated carbocycles. The van der Waals surface area contributed by atoms with Gasteiger partial charge in [-0.15, -0.1) is 0 Å². The minimum absolute atomic E-state index is 0.172. The van der Waals surface area contributed by atoms with E-state index < -0.39 is 0 Å². The van der Waals surface area contributed by atoms with Crippen molar-refractivity contribution in [2.45, 2.75) is 19.3 Å². The van der Waals surface area contributed by atoms with Gasteiger partial charge in [0.25, 0.3) is 5.91 Å². The van der Waals surface area contributed by atoms with Gasteiger partial charge < -0.3 is 4.90 Å². The highest BCUT2D eigenvalue weighted by Gasteiger charge is 2.27. The van der Waals surface area contributed by atoms with E-state index in [1.807, 2.05) is 59.4 Å². The molecule has 0 spiro atoms. The van der Waals surface area contributed by atoms with Gasteiger partial charge in [-0.25, -0.2) is 4.68 Å². The molecule has 0 N–H and O–H groups in total. The summed E-state index contributed by atoms with van der Waals surface area (Å²) in [4.78, 5) is 23.9. The normalized spacial score (nSPS) is 18.1. The molecule has 6 nitrogen and oxygen atoms in total. The minimum atomic E-state index is -0.172. The van der Waals surface area contributed by atoms with Gasteiger partial charge in [-0.2, -0.15) is 10.1 Å². The Morgan fingerprint density at radius 3 is 2.50 bits per heavy atom. The lowest BCUT2D eigenvalue weighted by atomic mass is 10.1. The first-order chi connectivity index (χ1) is 14.8. The van der Waals surface area contributed by atoms with E-state index in [4.69, 9.17) is 5.10 Å². The monoisotopic (exact) mass is 415 g/mol. The van der Waals surface area contributed by atoms with Crippen LogP contribution in [-0.4, -0.2) is 43.8 Å². The van der Waals surface area contributed by atoms with Crippen LogP contribution in [0.2, 0.25) is 0 Å². The van der Waals surface area contributed by atoms with Crippen LogP contribution in [0.1, 0.15) is 24.8 Å². The molecule has 4 heterocycles. The number of rotatable bonds is 3. The molecule has 0 aliphatic carbocycles. The van der Waals surface area contributed by atoms with Gasteiger partial charge in [0, 0.05) is 42.8 Å².